The molecule has 0 saturated carbocycles. The number of benzene rings is 2. The molecule has 12 heteroatoms. The van der Waals surface area contributed by atoms with Crippen LogP contribution in [-0.4, -0.2) is 90.8 Å². The van der Waals surface area contributed by atoms with E-state index in [1.54, 1.807) is 11.0 Å². The van der Waals surface area contributed by atoms with Crippen LogP contribution in [0.4, 0.5) is 11.4 Å². The van der Waals surface area contributed by atoms with E-state index >= 15 is 0 Å². The van der Waals surface area contributed by atoms with Crippen LogP contribution in [0.3, 0.4) is 0 Å². The van der Waals surface area contributed by atoms with Crippen molar-refractivity contribution in [3.05, 3.63) is 82.9 Å². The van der Waals surface area contributed by atoms with Crippen molar-refractivity contribution in [3.63, 3.8) is 0 Å². The molecule has 2 saturated heterocycles. The molecule has 6 rings (SSSR count). The van der Waals surface area contributed by atoms with Crippen LogP contribution < -0.4 is 15.1 Å². The minimum absolute atomic E-state index is 0.0850. The normalized spacial score (nSPS) is 29.4. The number of likely N-dealkylation sites (tertiary alicyclic amines) is 1. The van der Waals surface area contributed by atoms with E-state index in [1.807, 2.05) is 66.7 Å². The third-order valence-electron chi connectivity index (χ3n) is 9.97. The van der Waals surface area contributed by atoms with Crippen LogP contribution in [0.15, 0.2) is 77.3 Å². The van der Waals surface area contributed by atoms with Crippen LogP contribution >= 0.6 is 15.9 Å². The number of cyclic esters (lactones) is 1. The number of nitrogens with zero attached hydrogens (tertiary/aromatic N) is 3. The highest BCUT2D eigenvalue weighted by Crippen LogP contribution is 2.58. The highest BCUT2D eigenvalue weighted by molar-refractivity contribution is 9.11. The number of fused-ring (bicyclic) bond motifs is 2. The fourth-order valence-corrected chi connectivity index (χ4v) is 8.34. The van der Waals surface area contributed by atoms with Crippen molar-refractivity contribution in [3.8, 4) is 0 Å². The molecule has 3 amide bonds. The van der Waals surface area contributed by atoms with Crippen molar-refractivity contribution < 1.29 is 33.8 Å². The second-order valence-corrected chi connectivity index (χ2v) is 13.7. The van der Waals surface area contributed by atoms with Crippen LogP contribution in [-0.2, 0) is 28.7 Å². The van der Waals surface area contributed by atoms with E-state index in [-0.39, 0.29) is 51.0 Å². The number of hydrogen-bond donors (Lipinski definition) is 2. The Bertz CT molecular complexity index is 1610. The van der Waals surface area contributed by atoms with Gasteiger partial charge in [0.1, 0.15) is 24.4 Å². The average Bonchev–Trinajstić information content (AvgIpc) is 3.70. The number of halogens is 1. The maximum Gasteiger partial charge on any atom is 0.306 e. The number of aliphatic hydroxyl groups is 1. The van der Waals surface area contributed by atoms with Crippen molar-refractivity contribution in [2.75, 3.05) is 49.2 Å². The zero-order valence-corrected chi connectivity index (χ0v) is 29.4. The molecule has 0 radical (unpaired) electrons. The van der Waals surface area contributed by atoms with Crippen LogP contribution in [0.2, 0.25) is 0 Å². The van der Waals surface area contributed by atoms with Gasteiger partial charge in [-0.05, 0) is 62.6 Å². The fourth-order valence-electron chi connectivity index (χ4n) is 7.60. The summed E-state index contributed by atoms with van der Waals surface area (Å²) in [4.78, 5) is 61.8. The minimum Gasteiger partial charge on any atom is -0.463 e. The van der Waals surface area contributed by atoms with Gasteiger partial charge in [0.2, 0.25) is 11.8 Å². The zero-order valence-electron chi connectivity index (χ0n) is 27.8. The lowest BCUT2D eigenvalue weighted by atomic mass is 9.74. The van der Waals surface area contributed by atoms with E-state index < -0.39 is 47.5 Å². The largest absolute Gasteiger partial charge is 0.463 e. The van der Waals surface area contributed by atoms with Crippen molar-refractivity contribution in [1.29, 1.82) is 0 Å². The van der Waals surface area contributed by atoms with Gasteiger partial charge in [-0.25, -0.2) is 0 Å². The van der Waals surface area contributed by atoms with Gasteiger partial charge in [0.15, 0.2) is 0 Å². The summed E-state index contributed by atoms with van der Waals surface area (Å²) in [5, 5.41) is 12.8. The number of rotatable bonds is 8. The Hall–Kier alpha value is -4.00. The molecule has 2 aromatic rings. The number of esters is 1. The summed E-state index contributed by atoms with van der Waals surface area (Å²) < 4.78 is 12.9. The molecule has 4 aliphatic heterocycles. The third kappa shape index (κ3) is 6.53. The standard InChI is InChI=1S/C37H43BrN4O7/c1-3-40(4-2)25-15-17-26(18-16-25)41-19-10-6-9-14-29(44)48-23-28(24-12-7-5-8-13-24)39-34(45)30-31-35(46)42(20-11-21-43)33(36(41)47)37(31)22-27(38)32(30)49-37/h5-8,10,12-13,15-18,22,28,30-33,43H,3-4,9,11,14,19-21,23H2,1-2H3,(H,39,45)/b10-6-/t28-,30-,31+,32-,33-,37+/m0/s1. The predicted molar refractivity (Wildman–Crippen MR) is 188 cm³/mol. The lowest BCUT2D eigenvalue weighted by molar-refractivity contribution is -0.145. The molecule has 49 heavy (non-hydrogen) atoms. The number of hydrogen-bond acceptors (Lipinski definition) is 8. The molecule has 1 spiro atoms. The number of nitrogens with one attached hydrogen (secondary N) is 1. The van der Waals surface area contributed by atoms with E-state index in [9.17, 15) is 24.3 Å². The zero-order chi connectivity index (χ0) is 34.7. The second kappa shape index (κ2) is 14.9. The molecule has 2 fully saturated rings. The first kappa shape index (κ1) is 34.8. The molecule has 260 valence electrons. The number of allylic oxidation sites excluding steroid dienone is 1. The predicted octanol–water partition coefficient (Wildman–Crippen LogP) is 3.87. The van der Waals surface area contributed by atoms with Gasteiger partial charge in [-0.1, -0.05) is 58.4 Å². The van der Waals surface area contributed by atoms with Gasteiger partial charge in [-0.2, -0.15) is 0 Å². The fraction of sp³-hybridized carbons (Fsp3) is 0.459. The number of carbonyl (C=O) groups excluding carboxylic acids is 4. The summed E-state index contributed by atoms with van der Waals surface area (Å²) in [7, 11) is 0. The Kier molecular flexibility index (Phi) is 10.6. The van der Waals surface area contributed by atoms with E-state index in [2.05, 4.69) is 40.0 Å². The van der Waals surface area contributed by atoms with Crippen molar-refractivity contribution in [1.82, 2.24) is 10.2 Å². The van der Waals surface area contributed by atoms with Gasteiger partial charge in [0.25, 0.3) is 5.91 Å². The summed E-state index contributed by atoms with van der Waals surface area (Å²) in [6, 6.07) is 15.2. The molecule has 0 aromatic heterocycles. The molecule has 0 aliphatic carbocycles. The summed E-state index contributed by atoms with van der Waals surface area (Å²) in [5.41, 5.74) is 0.981. The van der Waals surface area contributed by atoms with Gasteiger partial charge in [0, 0.05) is 55.1 Å². The SMILES string of the molecule is CCN(CC)c1ccc(N2C/C=C\CCC(=O)OC[C@@H](c3ccccc3)NC(=O)[C@@H]3[C@H]4O[C@@]5(C=C4Br)[C@H](C2=O)N(CCCO)C(=O)[C@@H]35)cc1. The lowest BCUT2D eigenvalue weighted by Gasteiger charge is -2.36. The van der Waals surface area contributed by atoms with Crippen molar-refractivity contribution in [2.24, 2.45) is 11.8 Å². The summed E-state index contributed by atoms with van der Waals surface area (Å²) in [6.07, 6.45) is 5.45. The van der Waals surface area contributed by atoms with Gasteiger partial charge in [-0.3, -0.25) is 19.2 Å². The van der Waals surface area contributed by atoms with E-state index in [0.29, 0.717) is 16.6 Å². The maximum absolute atomic E-state index is 15.0. The maximum atomic E-state index is 15.0. The molecular formula is C37H43BrN4O7. The summed E-state index contributed by atoms with van der Waals surface area (Å²) >= 11 is 3.61. The number of aliphatic hydroxyl groups excluding tert-OH is 1. The van der Waals surface area contributed by atoms with E-state index in [4.69, 9.17) is 9.47 Å². The first-order chi connectivity index (χ1) is 23.7. The topological polar surface area (TPSA) is 129 Å². The van der Waals surface area contributed by atoms with Gasteiger partial charge >= 0.3 is 5.97 Å². The Balaban J connectivity index is 1.43. The number of anilines is 2. The number of carbonyl (C=O) groups is 4. The Morgan fingerprint density at radius 2 is 1.73 bits per heavy atom. The smallest absolute Gasteiger partial charge is 0.306 e. The molecule has 2 aromatic carbocycles. The van der Waals surface area contributed by atoms with E-state index in [1.165, 1.54) is 4.90 Å². The van der Waals surface area contributed by atoms with Crippen LogP contribution in [0.25, 0.3) is 0 Å². The first-order valence-corrected chi connectivity index (χ1v) is 17.8. The molecular weight excluding hydrogens is 692 g/mol. The summed E-state index contributed by atoms with van der Waals surface area (Å²) in [6.45, 7) is 5.86. The third-order valence-corrected chi connectivity index (χ3v) is 10.7. The van der Waals surface area contributed by atoms with Crippen LogP contribution in [0.1, 0.15) is 44.7 Å². The van der Waals surface area contributed by atoms with Gasteiger partial charge < -0.3 is 34.6 Å². The minimum atomic E-state index is -1.42. The highest BCUT2D eigenvalue weighted by atomic mass is 79.9. The van der Waals surface area contributed by atoms with Gasteiger partial charge in [0.05, 0.1) is 17.9 Å². The molecule has 2 N–H and O–H groups in total. The highest BCUT2D eigenvalue weighted by Gasteiger charge is 2.74. The molecule has 4 heterocycles. The van der Waals surface area contributed by atoms with Crippen LogP contribution in [0.5, 0.6) is 0 Å². The summed E-state index contributed by atoms with van der Waals surface area (Å²) in [5.74, 6) is -3.53. The number of amides is 3. The Labute approximate surface area is 295 Å². The monoisotopic (exact) mass is 734 g/mol. The van der Waals surface area contributed by atoms with Crippen molar-refractivity contribution in [2.45, 2.75) is 56.9 Å². The number of ether oxygens (including phenoxy) is 2. The molecule has 4 aliphatic rings. The quantitative estimate of drug-likeness (QED) is 0.309. The Morgan fingerprint density at radius 3 is 2.43 bits per heavy atom. The van der Waals surface area contributed by atoms with Gasteiger partial charge in [-0.15, -0.1) is 0 Å². The van der Waals surface area contributed by atoms with Crippen LogP contribution in [0, 0.1) is 11.8 Å². The molecule has 11 nitrogen and oxygen atoms in total. The van der Waals surface area contributed by atoms with Crippen molar-refractivity contribution >= 4 is 51.0 Å². The van der Waals surface area contributed by atoms with E-state index in [0.717, 1.165) is 24.3 Å². The Morgan fingerprint density at radius 1 is 1.00 bits per heavy atom. The molecule has 5 bridgehead atoms. The molecule has 0 unspecified atom stereocenters. The average molecular weight is 736 g/mol. The lowest BCUT2D eigenvalue weighted by Crippen LogP contribution is -2.56. The second-order valence-electron chi connectivity index (χ2n) is 12.7. The first-order valence-electron chi connectivity index (χ1n) is 17.0. The molecule has 6 atom stereocenters.